The number of hydrogen-bond acceptors (Lipinski definition) is 6. The summed E-state index contributed by atoms with van der Waals surface area (Å²) in [5.74, 6) is 0.344. The van der Waals surface area contributed by atoms with Gasteiger partial charge in [-0.1, -0.05) is 52.9 Å². The van der Waals surface area contributed by atoms with Crippen LogP contribution in [0.3, 0.4) is 0 Å². The predicted molar refractivity (Wildman–Crippen MR) is 99.9 cm³/mol. The van der Waals surface area contributed by atoms with E-state index in [1.165, 1.54) is 46.7 Å². The number of hydrogen-bond donors (Lipinski definition) is 1. The number of ketones is 1. The molecule has 0 bridgehead atoms. The molecule has 128 valence electrons. The average molecular weight is 373 g/mol. The zero-order valence-corrected chi connectivity index (χ0v) is 15.2. The van der Waals surface area contributed by atoms with Gasteiger partial charge in [0.25, 0.3) is 0 Å². The predicted octanol–water partition coefficient (Wildman–Crippen LogP) is 4.57. The number of carbonyl (C=O) groups is 1. The molecular weight excluding hydrogens is 357 g/mol. The van der Waals surface area contributed by atoms with Crippen molar-refractivity contribution in [3.63, 3.8) is 0 Å². The number of halogens is 1. The van der Waals surface area contributed by atoms with Crippen molar-refractivity contribution in [1.29, 1.82) is 0 Å². The number of aryl methyl sites for hydroxylation is 1. The third-order valence-electron chi connectivity index (χ3n) is 3.46. The molecule has 7 heteroatoms. The van der Waals surface area contributed by atoms with Gasteiger partial charge >= 0.3 is 0 Å². The average Bonchev–Trinajstić information content (AvgIpc) is 3.08. The Balaban J connectivity index is 1.50. The van der Waals surface area contributed by atoms with Gasteiger partial charge < -0.3 is 5.32 Å². The van der Waals surface area contributed by atoms with Crippen LogP contribution in [0.4, 0.5) is 9.52 Å². The van der Waals surface area contributed by atoms with Gasteiger partial charge in [-0.25, -0.2) is 4.39 Å². The van der Waals surface area contributed by atoms with Crippen LogP contribution in [0.5, 0.6) is 0 Å². The Hall–Kier alpha value is -2.25. The number of anilines is 1. The smallest absolute Gasteiger partial charge is 0.206 e. The summed E-state index contributed by atoms with van der Waals surface area (Å²) in [5.41, 5.74) is 2.93. The monoisotopic (exact) mass is 373 g/mol. The van der Waals surface area contributed by atoms with Gasteiger partial charge in [-0.05, 0) is 36.8 Å². The lowest BCUT2D eigenvalue weighted by molar-refractivity contribution is 0.101. The van der Waals surface area contributed by atoms with Crippen molar-refractivity contribution in [3.8, 4) is 0 Å². The highest BCUT2D eigenvalue weighted by Crippen LogP contribution is 2.28. The van der Waals surface area contributed by atoms with E-state index in [2.05, 4.69) is 46.7 Å². The summed E-state index contributed by atoms with van der Waals surface area (Å²) in [6.07, 6.45) is 0. The molecule has 1 N–H and O–H groups in total. The number of nitrogens with one attached hydrogen (secondary N) is 1. The standard InChI is InChI=1S/C18H16FN3OS2/c1-12-2-4-13(5-3-12)11-24-18-22-21-17(25-18)20-10-16(23)14-6-8-15(19)9-7-14/h2-9H,10-11H2,1H3,(H,20,21). The third kappa shape index (κ3) is 5.11. The van der Waals surface area contributed by atoms with E-state index in [1.807, 2.05) is 0 Å². The fourth-order valence-electron chi connectivity index (χ4n) is 2.06. The van der Waals surface area contributed by atoms with Crippen molar-refractivity contribution in [2.75, 3.05) is 11.9 Å². The lowest BCUT2D eigenvalue weighted by atomic mass is 10.1. The second-order valence-electron chi connectivity index (χ2n) is 5.43. The van der Waals surface area contributed by atoms with E-state index in [-0.39, 0.29) is 18.1 Å². The number of aromatic nitrogens is 2. The minimum absolute atomic E-state index is 0.100. The molecule has 0 amide bonds. The summed E-state index contributed by atoms with van der Waals surface area (Å²) in [6, 6.07) is 13.9. The summed E-state index contributed by atoms with van der Waals surface area (Å²) in [6.45, 7) is 2.16. The SMILES string of the molecule is Cc1ccc(CSc2nnc(NCC(=O)c3ccc(F)cc3)s2)cc1. The van der Waals surface area contributed by atoms with Crippen molar-refractivity contribution in [2.45, 2.75) is 17.0 Å². The van der Waals surface area contributed by atoms with Crippen molar-refractivity contribution in [2.24, 2.45) is 0 Å². The van der Waals surface area contributed by atoms with Crippen LogP contribution in [0.15, 0.2) is 52.9 Å². The molecule has 3 aromatic rings. The summed E-state index contributed by atoms with van der Waals surface area (Å²) < 4.78 is 13.7. The van der Waals surface area contributed by atoms with Gasteiger partial charge in [0.05, 0.1) is 6.54 Å². The van der Waals surface area contributed by atoms with Gasteiger partial charge in [0.15, 0.2) is 10.1 Å². The Labute approximate surface area is 153 Å². The van der Waals surface area contributed by atoms with Gasteiger partial charge in [0.2, 0.25) is 5.13 Å². The molecule has 0 saturated heterocycles. The molecule has 25 heavy (non-hydrogen) atoms. The lowest BCUT2D eigenvalue weighted by Crippen LogP contribution is -2.13. The molecule has 0 atom stereocenters. The number of rotatable bonds is 7. The highest BCUT2D eigenvalue weighted by molar-refractivity contribution is 8.00. The van der Waals surface area contributed by atoms with Gasteiger partial charge in [-0.2, -0.15) is 0 Å². The first-order valence-electron chi connectivity index (χ1n) is 7.64. The van der Waals surface area contributed by atoms with Crippen molar-refractivity contribution in [1.82, 2.24) is 10.2 Å². The lowest BCUT2D eigenvalue weighted by Gasteiger charge is -2.01. The van der Waals surface area contributed by atoms with Crippen LogP contribution in [-0.2, 0) is 5.75 Å². The largest absolute Gasteiger partial charge is 0.353 e. The third-order valence-corrected chi connectivity index (χ3v) is 5.54. The van der Waals surface area contributed by atoms with Crippen LogP contribution < -0.4 is 5.32 Å². The van der Waals surface area contributed by atoms with E-state index >= 15 is 0 Å². The van der Waals surface area contributed by atoms with Gasteiger partial charge in [0, 0.05) is 11.3 Å². The minimum Gasteiger partial charge on any atom is -0.353 e. The molecule has 0 spiro atoms. The molecule has 2 aromatic carbocycles. The molecule has 1 aromatic heterocycles. The van der Waals surface area contributed by atoms with Crippen LogP contribution in [0.2, 0.25) is 0 Å². The topological polar surface area (TPSA) is 54.9 Å². The van der Waals surface area contributed by atoms with Crippen LogP contribution in [0.1, 0.15) is 21.5 Å². The molecule has 0 aliphatic rings. The summed E-state index contributed by atoms with van der Waals surface area (Å²) in [5, 5.41) is 11.7. The Morgan fingerprint density at radius 2 is 1.84 bits per heavy atom. The number of nitrogens with zero attached hydrogens (tertiary/aromatic N) is 2. The van der Waals surface area contributed by atoms with E-state index in [4.69, 9.17) is 0 Å². The Bertz CT molecular complexity index is 848. The van der Waals surface area contributed by atoms with Crippen LogP contribution >= 0.6 is 23.1 Å². The first kappa shape index (κ1) is 17.6. The Kier molecular flexibility index (Phi) is 5.78. The Morgan fingerprint density at radius 3 is 2.56 bits per heavy atom. The first-order chi connectivity index (χ1) is 12.1. The molecule has 0 aliphatic carbocycles. The van der Waals surface area contributed by atoms with E-state index in [1.54, 1.807) is 11.8 Å². The zero-order chi connectivity index (χ0) is 17.6. The summed E-state index contributed by atoms with van der Waals surface area (Å²) in [7, 11) is 0. The maximum Gasteiger partial charge on any atom is 0.206 e. The molecule has 0 fully saturated rings. The first-order valence-corrected chi connectivity index (χ1v) is 9.45. The van der Waals surface area contributed by atoms with Gasteiger partial charge in [0.1, 0.15) is 5.82 Å². The Morgan fingerprint density at radius 1 is 1.12 bits per heavy atom. The van der Waals surface area contributed by atoms with Crippen molar-refractivity contribution < 1.29 is 9.18 Å². The molecule has 0 radical (unpaired) electrons. The summed E-state index contributed by atoms with van der Waals surface area (Å²) in [4.78, 5) is 12.0. The molecule has 0 aliphatic heterocycles. The van der Waals surface area contributed by atoms with Crippen LogP contribution in [0, 0.1) is 12.7 Å². The highest BCUT2D eigenvalue weighted by atomic mass is 32.2. The fourth-order valence-corrected chi connectivity index (χ4v) is 3.77. The molecule has 1 heterocycles. The molecule has 3 rings (SSSR count). The maximum atomic E-state index is 12.9. The second-order valence-corrected chi connectivity index (χ2v) is 7.63. The maximum absolute atomic E-state index is 12.9. The summed E-state index contributed by atoms with van der Waals surface area (Å²) >= 11 is 3.02. The minimum atomic E-state index is -0.358. The highest BCUT2D eigenvalue weighted by Gasteiger charge is 2.09. The van der Waals surface area contributed by atoms with Crippen molar-refractivity contribution >= 4 is 34.0 Å². The normalized spacial score (nSPS) is 10.6. The molecule has 0 saturated carbocycles. The van der Waals surface area contributed by atoms with Crippen LogP contribution in [0.25, 0.3) is 0 Å². The van der Waals surface area contributed by atoms with E-state index in [9.17, 15) is 9.18 Å². The fraction of sp³-hybridized carbons (Fsp3) is 0.167. The van der Waals surface area contributed by atoms with Gasteiger partial charge in [-0.3, -0.25) is 4.79 Å². The molecule has 4 nitrogen and oxygen atoms in total. The number of Topliss-reactive ketones (excluding diaryl/α,β-unsaturated/α-hetero) is 1. The molecular formula is C18H16FN3OS2. The van der Waals surface area contributed by atoms with Gasteiger partial charge in [-0.15, -0.1) is 10.2 Å². The second kappa shape index (κ2) is 8.22. The number of carbonyl (C=O) groups excluding carboxylic acids is 1. The zero-order valence-electron chi connectivity index (χ0n) is 13.5. The quantitative estimate of drug-likeness (QED) is 0.485. The van der Waals surface area contributed by atoms with E-state index in [0.717, 1.165) is 10.1 Å². The number of benzene rings is 2. The van der Waals surface area contributed by atoms with E-state index in [0.29, 0.717) is 10.7 Å². The number of thioether (sulfide) groups is 1. The van der Waals surface area contributed by atoms with E-state index < -0.39 is 0 Å². The molecule has 0 unspecified atom stereocenters. The van der Waals surface area contributed by atoms with Crippen molar-refractivity contribution in [3.05, 3.63) is 71.0 Å². The van der Waals surface area contributed by atoms with Crippen LogP contribution in [-0.4, -0.2) is 22.5 Å².